The number of aromatic amines is 2. The predicted molar refractivity (Wildman–Crippen MR) is 141 cm³/mol. The second-order valence-electron chi connectivity index (χ2n) is 9.31. The van der Waals surface area contributed by atoms with E-state index in [0.29, 0.717) is 17.2 Å². The van der Waals surface area contributed by atoms with Gasteiger partial charge in [-0.3, -0.25) is 15.1 Å². The second-order valence-corrected chi connectivity index (χ2v) is 9.31. The summed E-state index contributed by atoms with van der Waals surface area (Å²) in [6.45, 7) is 0. The van der Waals surface area contributed by atoms with Gasteiger partial charge < -0.3 is 9.72 Å². The molecule has 0 spiro atoms. The van der Waals surface area contributed by atoms with Crippen molar-refractivity contribution < 1.29 is 4.74 Å². The van der Waals surface area contributed by atoms with Crippen molar-refractivity contribution in [3.63, 3.8) is 0 Å². The van der Waals surface area contributed by atoms with Gasteiger partial charge in [-0.1, -0.05) is 12.5 Å². The fourth-order valence-electron chi connectivity index (χ4n) is 4.98. The average molecular weight is 489 g/mol. The number of nitrogens with zero attached hydrogens (tertiary/aromatic N) is 6. The molecule has 6 aromatic heterocycles. The number of aromatic nitrogens is 8. The van der Waals surface area contributed by atoms with E-state index in [0.717, 1.165) is 57.7 Å². The maximum Gasteiger partial charge on any atom is 0.178 e. The van der Waals surface area contributed by atoms with E-state index in [1.54, 1.807) is 18.6 Å². The van der Waals surface area contributed by atoms with Crippen LogP contribution in [0.4, 0.5) is 0 Å². The Morgan fingerprint density at radius 2 is 1.81 bits per heavy atom. The van der Waals surface area contributed by atoms with Crippen molar-refractivity contribution in [2.75, 3.05) is 0 Å². The van der Waals surface area contributed by atoms with Crippen LogP contribution >= 0.6 is 0 Å². The quantitative estimate of drug-likeness (QED) is 0.318. The van der Waals surface area contributed by atoms with Crippen molar-refractivity contribution in [2.24, 2.45) is 0 Å². The summed E-state index contributed by atoms with van der Waals surface area (Å²) < 4.78 is 6.23. The minimum atomic E-state index is 0.263. The van der Waals surface area contributed by atoms with Gasteiger partial charge in [-0.15, -0.1) is 0 Å². The molecule has 1 aliphatic carbocycles. The number of H-pyrrole nitrogens is 2. The summed E-state index contributed by atoms with van der Waals surface area (Å²) in [5.74, 6) is 1.37. The zero-order valence-corrected chi connectivity index (χ0v) is 20.1. The standard InChI is InChI=1S/C28H24N8O/c1-2-6-18(7-3-1)37-19-14-17(15-29-16-19)21-9-10-23-25(32-21)26(36-35-23)28-33-24-20(11-13-31-27(24)34-28)22-8-4-5-12-30-22/h4-5,8-16,18H,1-3,6-7H2,(H,35,36)(H,31,33,34). The van der Waals surface area contributed by atoms with E-state index in [4.69, 9.17) is 14.7 Å². The summed E-state index contributed by atoms with van der Waals surface area (Å²) in [4.78, 5) is 26.4. The molecule has 0 aromatic carbocycles. The molecular weight excluding hydrogens is 464 g/mol. The Bertz CT molecular complexity index is 1700. The number of nitrogens with one attached hydrogen (secondary N) is 2. The smallest absolute Gasteiger partial charge is 0.178 e. The summed E-state index contributed by atoms with van der Waals surface area (Å²) >= 11 is 0. The Balaban J connectivity index is 1.26. The molecule has 0 unspecified atom stereocenters. The molecule has 9 heteroatoms. The SMILES string of the molecule is c1ccc(-c2ccnc3nc(-c4n[nH]c5ccc(-c6cncc(OC7CCCCC7)c6)nc45)[nH]c23)nc1. The average Bonchev–Trinajstić information content (AvgIpc) is 3.58. The minimum absolute atomic E-state index is 0.263. The van der Waals surface area contributed by atoms with Crippen LogP contribution in [0.1, 0.15) is 32.1 Å². The molecule has 0 atom stereocenters. The van der Waals surface area contributed by atoms with Gasteiger partial charge in [-0.05, 0) is 62.1 Å². The second kappa shape index (κ2) is 9.09. The molecule has 0 radical (unpaired) electrons. The first-order valence-electron chi connectivity index (χ1n) is 12.6. The summed E-state index contributed by atoms with van der Waals surface area (Å²) in [5, 5.41) is 7.60. The van der Waals surface area contributed by atoms with E-state index >= 15 is 0 Å². The Kier molecular flexibility index (Phi) is 5.31. The maximum atomic E-state index is 6.23. The predicted octanol–water partition coefficient (Wildman–Crippen LogP) is 5.73. The highest BCUT2D eigenvalue weighted by atomic mass is 16.5. The van der Waals surface area contributed by atoms with Gasteiger partial charge in [-0.25, -0.2) is 15.0 Å². The highest BCUT2D eigenvalue weighted by Crippen LogP contribution is 2.31. The minimum Gasteiger partial charge on any atom is -0.489 e. The number of hydrogen-bond donors (Lipinski definition) is 2. The maximum absolute atomic E-state index is 6.23. The fourth-order valence-corrected chi connectivity index (χ4v) is 4.98. The molecule has 0 saturated heterocycles. The molecule has 1 saturated carbocycles. The van der Waals surface area contributed by atoms with Crippen LogP contribution in [0, 0.1) is 0 Å². The molecule has 6 aromatic rings. The Morgan fingerprint density at radius 3 is 2.70 bits per heavy atom. The number of imidazole rings is 1. The van der Waals surface area contributed by atoms with Gasteiger partial charge in [0.1, 0.15) is 11.3 Å². The van der Waals surface area contributed by atoms with Crippen LogP contribution in [0.5, 0.6) is 5.75 Å². The molecule has 0 aliphatic heterocycles. The number of fused-ring (bicyclic) bond motifs is 2. The summed E-state index contributed by atoms with van der Waals surface area (Å²) in [7, 11) is 0. The van der Waals surface area contributed by atoms with Gasteiger partial charge >= 0.3 is 0 Å². The zero-order valence-electron chi connectivity index (χ0n) is 20.1. The van der Waals surface area contributed by atoms with Crippen LogP contribution in [-0.4, -0.2) is 46.2 Å². The summed E-state index contributed by atoms with van der Waals surface area (Å²) in [6, 6.07) is 13.7. The van der Waals surface area contributed by atoms with E-state index < -0.39 is 0 Å². The third-order valence-electron chi connectivity index (χ3n) is 6.83. The van der Waals surface area contributed by atoms with Crippen molar-refractivity contribution in [3.05, 3.63) is 67.3 Å². The van der Waals surface area contributed by atoms with Gasteiger partial charge in [0.05, 0.1) is 34.7 Å². The van der Waals surface area contributed by atoms with E-state index in [2.05, 4.69) is 30.1 Å². The largest absolute Gasteiger partial charge is 0.489 e. The lowest BCUT2D eigenvalue weighted by Crippen LogP contribution is -2.19. The molecule has 37 heavy (non-hydrogen) atoms. The van der Waals surface area contributed by atoms with Crippen LogP contribution in [-0.2, 0) is 0 Å². The topological polar surface area (TPSA) is 118 Å². The summed E-state index contributed by atoms with van der Waals surface area (Å²) in [5.41, 5.74) is 7.03. The van der Waals surface area contributed by atoms with Gasteiger partial charge in [0.25, 0.3) is 0 Å². The third kappa shape index (κ3) is 4.08. The monoisotopic (exact) mass is 488 g/mol. The van der Waals surface area contributed by atoms with E-state index in [1.165, 1.54) is 19.3 Å². The van der Waals surface area contributed by atoms with Crippen molar-refractivity contribution in [3.8, 4) is 39.8 Å². The van der Waals surface area contributed by atoms with Crippen molar-refractivity contribution in [1.29, 1.82) is 0 Å². The van der Waals surface area contributed by atoms with Gasteiger partial charge in [-0.2, -0.15) is 5.10 Å². The first kappa shape index (κ1) is 21.6. The molecule has 9 nitrogen and oxygen atoms in total. The lowest BCUT2D eigenvalue weighted by molar-refractivity contribution is 0.154. The molecule has 7 rings (SSSR count). The lowest BCUT2D eigenvalue weighted by atomic mass is 9.98. The number of ether oxygens (including phenoxy) is 1. The van der Waals surface area contributed by atoms with E-state index in [9.17, 15) is 0 Å². The van der Waals surface area contributed by atoms with E-state index in [1.807, 2.05) is 48.7 Å². The van der Waals surface area contributed by atoms with E-state index in [-0.39, 0.29) is 6.10 Å². The van der Waals surface area contributed by atoms with Crippen molar-refractivity contribution in [2.45, 2.75) is 38.2 Å². The molecule has 1 aliphatic rings. The number of hydrogen-bond acceptors (Lipinski definition) is 7. The molecule has 0 amide bonds. The van der Waals surface area contributed by atoms with Gasteiger partial charge in [0.15, 0.2) is 17.2 Å². The highest BCUT2D eigenvalue weighted by molar-refractivity contribution is 5.94. The third-order valence-corrected chi connectivity index (χ3v) is 6.83. The molecule has 182 valence electrons. The molecule has 2 N–H and O–H groups in total. The Labute approximate surface area is 212 Å². The Hall–Kier alpha value is -4.66. The lowest BCUT2D eigenvalue weighted by Gasteiger charge is -2.22. The Morgan fingerprint density at radius 1 is 0.865 bits per heavy atom. The van der Waals surface area contributed by atoms with Gasteiger partial charge in [0, 0.05) is 29.7 Å². The van der Waals surface area contributed by atoms with Crippen LogP contribution in [0.25, 0.3) is 56.2 Å². The number of rotatable bonds is 5. The molecule has 6 heterocycles. The first-order valence-corrected chi connectivity index (χ1v) is 12.6. The molecule has 1 fully saturated rings. The normalized spacial score (nSPS) is 14.4. The zero-order chi connectivity index (χ0) is 24.6. The van der Waals surface area contributed by atoms with Crippen LogP contribution in [0.3, 0.4) is 0 Å². The van der Waals surface area contributed by atoms with Crippen molar-refractivity contribution in [1.82, 2.24) is 40.1 Å². The summed E-state index contributed by atoms with van der Waals surface area (Å²) in [6.07, 6.45) is 13.3. The fraction of sp³-hybridized carbons (Fsp3) is 0.214. The van der Waals surface area contributed by atoms with Crippen LogP contribution in [0.15, 0.2) is 67.3 Å². The molecule has 0 bridgehead atoms. The van der Waals surface area contributed by atoms with Crippen LogP contribution in [0.2, 0.25) is 0 Å². The highest BCUT2D eigenvalue weighted by Gasteiger charge is 2.19. The van der Waals surface area contributed by atoms with Gasteiger partial charge in [0.2, 0.25) is 0 Å². The van der Waals surface area contributed by atoms with Crippen LogP contribution < -0.4 is 4.74 Å². The molecular formula is C28H24N8O. The van der Waals surface area contributed by atoms with Crippen molar-refractivity contribution >= 4 is 22.2 Å². The number of pyridine rings is 4. The first-order chi connectivity index (χ1) is 18.3.